The van der Waals surface area contributed by atoms with Crippen LogP contribution in [-0.4, -0.2) is 19.0 Å². The van der Waals surface area contributed by atoms with E-state index in [0.717, 1.165) is 12.1 Å². The van der Waals surface area contributed by atoms with Gasteiger partial charge in [0.1, 0.15) is 0 Å². The topological polar surface area (TPSA) is 3.24 Å². The highest BCUT2D eigenvalue weighted by molar-refractivity contribution is 9.10. The predicted octanol–water partition coefficient (Wildman–Crippen LogP) is 3.92. The maximum absolute atomic E-state index is 12.6. The molecule has 1 aliphatic heterocycles. The van der Waals surface area contributed by atoms with Crippen molar-refractivity contribution in [1.82, 2.24) is 0 Å². The molecule has 0 atom stereocenters. The molecule has 0 amide bonds. The molecule has 1 aliphatic rings. The van der Waals surface area contributed by atoms with Crippen molar-refractivity contribution in [2.75, 3.05) is 18.0 Å². The second kappa shape index (κ2) is 3.83. The molecule has 1 aromatic carbocycles. The maximum Gasteiger partial charge on any atom is 0.416 e. The van der Waals surface area contributed by atoms with Crippen LogP contribution in [0.5, 0.6) is 0 Å². The maximum atomic E-state index is 12.6. The minimum Gasteiger partial charge on any atom is -0.358 e. The van der Waals surface area contributed by atoms with Crippen LogP contribution in [0.3, 0.4) is 0 Å². The van der Waals surface area contributed by atoms with E-state index >= 15 is 0 Å². The summed E-state index contributed by atoms with van der Waals surface area (Å²) in [5, 5.41) is 0. The van der Waals surface area contributed by atoms with Crippen LogP contribution >= 0.6 is 15.9 Å². The minimum absolute atomic E-state index is 0.169. The Morgan fingerprint density at radius 1 is 1.18 bits per heavy atom. The Hall–Kier alpha value is -0.850. The molecular weight excluding hydrogens is 309 g/mol. The van der Waals surface area contributed by atoms with E-state index in [1.165, 1.54) is 11.0 Å². The summed E-state index contributed by atoms with van der Waals surface area (Å²) in [7, 11) is 0. The summed E-state index contributed by atoms with van der Waals surface area (Å²) in [6.07, 6.45) is -4.43. The second-order valence-corrected chi connectivity index (χ2v) is 4.73. The van der Waals surface area contributed by atoms with E-state index in [4.69, 9.17) is 0 Å². The molecule has 1 fully saturated rings. The third kappa shape index (κ3) is 2.53. The third-order valence-electron chi connectivity index (χ3n) is 2.46. The lowest BCUT2D eigenvalue weighted by Gasteiger charge is -2.41. The molecule has 1 heterocycles. The zero-order valence-corrected chi connectivity index (χ0v) is 9.95. The Morgan fingerprint density at radius 2 is 1.76 bits per heavy atom. The molecule has 0 N–H and O–H groups in total. The summed E-state index contributed by atoms with van der Waals surface area (Å²) < 4.78 is 62.5. The van der Waals surface area contributed by atoms with Gasteiger partial charge in [0.15, 0.2) is 0 Å². The number of alkyl halides is 5. The fraction of sp³-hybridized carbons (Fsp3) is 0.400. The molecule has 1 aromatic rings. The van der Waals surface area contributed by atoms with Gasteiger partial charge in [-0.2, -0.15) is 13.2 Å². The van der Waals surface area contributed by atoms with Gasteiger partial charge in [0.2, 0.25) is 0 Å². The largest absolute Gasteiger partial charge is 0.416 e. The third-order valence-corrected chi connectivity index (χ3v) is 3.10. The quantitative estimate of drug-likeness (QED) is 0.710. The van der Waals surface area contributed by atoms with Gasteiger partial charge < -0.3 is 4.90 Å². The molecule has 7 heteroatoms. The minimum atomic E-state index is -4.43. The van der Waals surface area contributed by atoms with Crippen LogP contribution in [0, 0.1) is 0 Å². The van der Waals surface area contributed by atoms with Crippen molar-refractivity contribution in [3.05, 3.63) is 28.2 Å². The highest BCUT2D eigenvalue weighted by Gasteiger charge is 2.44. The molecule has 0 aliphatic carbocycles. The zero-order chi connectivity index (χ0) is 12.8. The first-order valence-electron chi connectivity index (χ1n) is 4.69. The van der Waals surface area contributed by atoms with Gasteiger partial charge in [0.05, 0.1) is 24.3 Å². The van der Waals surface area contributed by atoms with E-state index in [-0.39, 0.29) is 4.47 Å². The number of benzene rings is 1. The van der Waals surface area contributed by atoms with Crippen LogP contribution in [0.15, 0.2) is 22.7 Å². The molecule has 17 heavy (non-hydrogen) atoms. The van der Waals surface area contributed by atoms with Gasteiger partial charge in [-0.25, -0.2) is 8.78 Å². The van der Waals surface area contributed by atoms with E-state index in [9.17, 15) is 22.0 Å². The molecule has 1 nitrogen and oxygen atoms in total. The van der Waals surface area contributed by atoms with Crippen LogP contribution in [-0.2, 0) is 6.18 Å². The number of anilines is 1. The average Bonchev–Trinajstić information content (AvgIpc) is 2.12. The van der Waals surface area contributed by atoms with E-state index in [2.05, 4.69) is 15.9 Å². The Labute approximate surface area is 102 Å². The highest BCUT2D eigenvalue weighted by Crippen LogP contribution is 2.39. The summed E-state index contributed by atoms with van der Waals surface area (Å²) in [4.78, 5) is 1.32. The average molecular weight is 316 g/mol. The molecule has 2 rings (SSSR count). The van der Waals surface area contributed by atoms with E-state index in [1.807, 2.05) is 0 Å². The first-order valence-corrected chi connectivity index (χ1v) is 5.48. The molecule has 0 bridgehead atoms. The lowest BCUT2D eigenvalue weighted by atomic mass is 10.1. The SMILES string of the molecule is FC1(F)CN(c2ccc(C(F)(F)F)cc2Br)C1. The fourth-order valence-electron chi connectivity index (χ4n) is 1.62. The van der Waals surface area contributed by atoms with E-state index in [0.29, 0.717) is 5.69 Å². The molecule has 0 aromatic heterocycles. The van der Waals surface area contributed by atoms with Crippen molar-refractivity contribution in [3.63, 3.8) is 0 Å². The number of halogens is 6. The van der Waals surface area contributed by atoms with Gasteiger partial charge in [0, 0.05) is 4.47 Å². The van der Waals surface area contributed by atoms with Crippen LogP contribution in [0.1, 0.15) is 5.56 Å². The lowest BCUT2D eigenvalue weighted by molar-refractivity contribution is -0.137. The van der Waals surface area contributed by atoms with Gasteiger partial charge in [-0.05, 0) is 34.1 Å². The smallest absolute Gasteiger partial charge is 0.358 e. The van der Waals surface area contributed by atoms with Crippen molar-refractivity contribution in [2.45, 2.75) is 12.1 Å². The normalized spacial score (nSPS) is 19.1. The van der Waals surface area contributed by atoms with E-state index in [1.54, 1.807) is 0 Å². The standard InChI is InChI=1S/C10H7BrF5N/c11-7-3-6(10(14,15)16)1-2-8(7)17-4-9(12,13)5-17/h1-3H,4-5H2. The number of hydrogen-bond acceptors (Lipinski definition) is 1. The summed E-state index contributed by atoms with van der Waals surface area (Å²) in [5.74, 6) is -2.75. The Balaban J connectivity index is 2.22. The molecule has 0 unspecified atom stereocenters. The zero-order valence-electron chi connectivity index (χ0n) is 8.36. The molecule has 1 saturated heterocycles. The van der Waals surface area contributed by atoms with Crippen molar-refractivity contribution < 1.29 is 22.0 Å². The summed E-state index contributed by atoms with van der Waals surface area (Å²) in [6, 6.07) is 2.98. The summed E-state index contributed by atoms with van der Waals surface area (Å²) in [6.45, 7) is -0.923. The summed E-state index contributed by atoms with van der Waals surface area (Å²) >= 11 is 2.97. The Bertz CT molecular complexity index is 435. The number of nitrogens with zero attached hydrogens (tertiary/aromatic N) is 1. The first-order chi connectivity index (χ1) is 7.69. The molecule has 94 valence electrons. The highest BCUT2D eigenvalue weighted by atomic mass is 79.9. The predicted molar refractivity (Wildman–Crippen MR) is 56.3 cm³/mol. The number of hydrogen-bond donors (Lipinski definition) is 0. The Kier molecular flexibility index (Phi) is 2.84. The van der Waals surface area contributed by atoms with Crippen molar-refractivity contribution in [1.29, 1.82) is 0 Å². The molecular formula is C10H7BrF5N. The van der Waals surface area contributed by atoms with E-state index < -0.39 is 30.8 Å². The fourth-order valence-corrected chi connectivity index (χ4v) is 2.25. The Morgan fingerprint density at radius 3 is 2.18 bits per heavy atom. The van der Waals surface area contributed by atoms with Gasteiger partial charge in [-0.15, -0.1) is 0 Å². The van der Waals surface area contributed by atoms with Crippen LogP contribution in [0.25, 0.3) is 0 Å². The van der Waals surface area contributed by atoms with Crippen LogP contribution in [0.2, 0.25) is 0 Å². The first kappa shape index (κ1) is 12.6. The summed E-state index contributed by atoms with van der Waals surface area (Å²) in [5.41, 5.74) is -0.454. The van der Waals surface area contributed by atoms with Crippen molar-refractivity contribution in [2.24, 2.45) is 0 Å². The van der Waals surface area contributed by atoms with Gasteiger partial charge in [-0.1, -0.05) is 0 Å². The van der Waals surface area contributed by atoms with Crippen LogP contribution < -0.4 is 4.90 Å². The monoisotopic (exact) mass is 315 g/mol. The van der Waals surface area contributed by atoms with Crippen LogP contribution in [0.4, 0.5) is 27.6 Å². The van der Waals surface area contributed by atoms with Crippen molar-refractivity contribution in [3.8, 4) is 0 Å². The molecule has 0 radical (unpaired) electrons. The molecule has 0 spiro atoms. The van der Waals surface area contributed by atoms with Gasteiger partial charge in [0.25, 0.3) is 5.92 Å². The second-order valence-electron chi connectivity index (χ2n) is 3.88. The lowest BCUT2D eigenvalue weighted by Crippen LogP contribution is -2.56. The number of rotatable bonds is 1. The van der Waals surface area contributed by atoms with Gasteiger partial charge >= 0.3 is 6.18 Å². The van der Waals surface area contributed by atoms with Crippen molar-refractivity contribution >= 4 is 21.6 Å². The molecule has 0 saturated carbocycles. The van der Waals surface area contributed by atoms with Gasteiger partial charge in [-0.3, -0.25) is 0 Å².